The second kappa shape index (κ2) is 6.41. The summed E-state index contributed by atoms with van der Waals surface area (Å²) < 4.78 is 10.8. The third kappa shape index (κ3) is 2.55. The van der Waals surface area contributed by atoms with Crippen LogP contribution in [0, 0.1) is 0 Å². The fourth-order valence-corrected chi connectivity index (χ4v) is 5.22. The maximum atomic E-state index is 12.7. The monoisotopic (exact) mass is 379 g/mol. The van der Waals surface area contributed by atoms with Crippen LogP contribution in [0.5, 0.6) is 11.5 Å². The van der Waals surface area contributed by atoms with Crippen LogP contribution in [0.4, 0.5) is 5.69 Å². The Balaban J connectivity index is 1.42. The summed E-state index contributed by atoms with van der Waals surface area (Å²) in [5.74, 6) is 1.51. The maximum Gasteiger partial charge on any atom is 0.255 e. The lowest BCUT2D eigenvalue weighted by Crippen LogP contribution is -2.64. The summed E-state index contributed by atoms with van der Waals surface area (Å²) in [5, 5.41) is 6.97. The number of fused-ring (bicyclic) bond motifs is 4. The van der Waals surface area contributed by atoms with Crippen LogP contribution in [0.25, 0.3) is 0 Å². The summed E-state index contributed by atoms with van der Waals surface area (Å²) in [6.45, 7) is 0.830. The molecule has 2 aromatic carbocycles. The molecule has 2 bridgehead atoms. The van der Waals surface area contributed by atoms with E-state index in [0.29, 0.717) is 6.04 Å². The Kier molecular flexibility index (Phi) is 3.98. The molecule has 2 N–H and O–H groups in total. The first kappa shape index (κ1) is 17.4. The minimum Gasteiger partial charge on any atom is -0.493 e. The number of carbonyl (C=O) groups excluding carboxylic acids is 1. The molecule has 1 spiro atoms. The number of para-hydroxylation sites is 1. The Hall–Kier alpha value is -2.73. The van der Waals surface area contributed by atoms with E-state index in [2.05, 4.69) is 21.6 Å². The van der Waals surface area contributed by atoms with Gasteiger partial charge in [0.15, 0.2) is 11.5 Å². The first-order chi connectivity index (χ1) is 13.6. The van der Waals surface area contributed by atoms with E-state index in [1.54, 1.807) is 14.2 Å². The number of nitrogens with one attached hydrogen (secondary N) is 2. The van der Waals surface area contributed by atoms with Crippen molar-refractivity contribution < 1.29 is 14.3 Å². The van der Waals surface area contributed by atoms with Crippen molar-refractivity contribution in [2.75, 3.05) is 19.5 Å². The van der Waals surface area contributed by atoms with Crippen molar-refractivity contribution in [1.29, 1.82) is 0 Å². The number of anilines is 1. The zero-order valence-corrected chi connectivity index (χ0v) is 16.2. The molecule has 3 aliphatic rings. The van der Waals surface area contributed by atoms with Crippen LogP contribution >= 0.6 is 0 Å². The predicted molar refractivity (Wildman–Crippen MR) is 107 cm³/mol. The smallest absolute Gasteiger partial charge is 0.255 e. The highest BCUT2D eigenvalue weighted by atomic mass is 16.5. The first-order valence-corrected chi connectivity index (χ1v) is 9.80. The van der Waals surface area contributed by atoms with Gasteiger partial charge in [-0.1, -0.05) is 18.2 Å². The molecular weight excluding hydrogens is 354 g/mol. The molecule has 6 heteroatoms. The molecule has 1 amide bonds. The number of methoxy groups -OCH3 is 2. The highest BCUT2D eigenvalue weighted by Crippen LogP contribution is 2.47. The lowest BCUT2D eigenvalue weighted by Gasteiger charge is -2.43. The largest absolute Gasteiger partial charge is 0.493 e. The van der Waals surface area contributed by atoms with Gasteiger partial charge in [-0.2, -0.15) is 0 Å². The third-order valence-corrected chi connectivity index (χ3v) is 6.45. The van der Waals surface area contributed by atoms with Crippen molar-refractivity contribution in [3.63, 3.8) is 0 Å². The van der Waals surface area contributed by atoms with Gasteiger partial charge in [-0.15, -0.1) is 0 Å². The zero-order valence-electron chi connectivity index (χ0n) is 16.2. The van der Waals surface area contributed by atoms with Gasteiger partial charge in [0.1, 0.15) is 5.66 Å². The van der Waals surface area contributed by atoms with E-state index in [1.165, 1.54) is 12.0 Å². The predicted octanol–water partition coefficient (Wildman–Crippen LogP) is 2.99. The Morgan fingerprint density at radius 3 is 2.71 bits per heavy atom. The molecule has 2 aromatic rings. The van der Waals surface area contributed by atoms with E-state index in [-0.39, 0.29) is 17.6 Å². The number of ether oxygens (including phenoxy) is 2. The molecule has 0 aromatic heterocycles. The molecule has 2 fully saturated rings. The number of hydrogen-bond donors (Lipinski definition) is 2. The summed E-state index contributed by atoms with van der Waals surface area (Å²) in [4.78, 5) is 15.3. The van der Waals surface area contributed by atoms with Gasteiger partial charge in [-0.05, 0) is 42.7 Å². The number of nitrogens with zero attached hydrogens (tertiary/aromatic N) is 1. The van der Waals surface area contributed by atoms with Gasteiger partial charge < -0.3 is 20.1 Å². The van der Waals surface area contributed by atoms with E-state index in [9.17, 15) is 4.79 Å². The van der Waals surface area contributed by atoms with Gasteiger partial charge >= 0.3 is 0 Å². The highest BCUT2D eigenvalue weighted by molar-refractivity contribution is 6.02. The molecule has 6 nitrogen and oxygen atoms in total. The number of carbonyl (C=O) groups is 1. The van der Waals surface area contributed by atoms with Crippen molar-refractivity contribution in [3.05, 3.63) is 53.6 Å². The molecule has 3 heterocycles. The number of amides is 1. The lowest BCUT2D eigenvalue weighted by atomic mass is 9.86. The molecule has 0 unspecified atom stereocenters. The van der Waals surface area contributed by atoms with Crippen LogP contribution in [0.2, 0.25) is 0 Å². The lowest BCUT2D eigenvalue weighted by molar-refractivity contribution is 0.0870. The zero-order chi connectivity index (χ0) is 19.3. The third-order valence-electron chi connectivity index (χ3n) is 6.45. The Bertz CT molecular complexity index is 931. The molecular formula is C22H25N3O3. The van der Waals surface area contributed by atoms with Crippen molar-refractivity contribution in [1.82, 2.24) is 10.2 Å². The van der Waals surface area contributed by atoms with Crippen LogP contribution in [0.1, 0.15) is 35.2 Å². The normalized spacial score (nSPS) is 28.0. The standard InChI is InChI=1S/C22H25N3O3/c1-27-18-9-7-14(11-19(18)28-2)13-25-15-8-10-20(25)22(12-15)23-17-6-4-3-5-16(17)21(26)24-22/h3-7,9,11,15,20,23H,8,10,12-13H2,1-2H3,(H,24,26)/t15-,20-,22+/m1/s1. The van der Waals surface area contributed by atoms with Crippen LogP contribution in [0.15, 0.2) is 42.5 Å². The van der Waals surface area contributed by atoms with Gasteiger partial charge in [-0.3, -0.25) is 9.69 Å². The van der Waals surface area contributed by atoms with Gasteiger partial charge in [0, 0.05) is 24.7 Å². The molecule has 0 saturated carbocycles. The summed E-state index contributed by atoms with van der Waals surface area (Å²) >= 11 is 0. The number of benzene rings is 2. The second-order valence-electron chi connectivity index (χ2n) is 7.91. The summed E-state index contributed by atoms with van der Waals surface area (Å²) in [5.41, 5.74) is 2.46. The fraction of sp³-hybridized carbons (Fsp3) is 0.409. The van der Waals surface area contributed by atoms with Gasteiger partial charge in [-0.25, -0.2) is 0 Å². The van der Waals surface area contributed by atoms with Gasteiger partial charge in [0.25, 0.3) is 5.91 Å². The topological polar surface area (TPSA) is 62.8 Å². The molecule has 5 rings (SSSR count). The summed E-state index contributed by atoms with van der Waals surface area (Å²) in [6, 6.07) is 14.6. The van der Waals surface area contributed by atoms with Crippen molar-refractivity contribution in [3.8, 4) is 11.5 Å². The van der Waals surface area contributed by atoms with Crippen LogP contribution in [0.3, 0.4) is 0 Å². The van der Waals surface area contributed by atoms with E-state index in [1.807, 2.05) is 36.4 Å². The molecule has 0 radical (unpaired) electrons. The Morgan fingerprint density at radius 2 is 1.89 bits per heavy atom. The molecule has 2 saturated heterocycles. The summed E-state index contributed by atoms with van der Waals surface area (Å²) in [7, 11) is 3.31. The van der Waals surface area contributed by atoms with Crippen LogP contribution < -0.4 is 20.1 Å². The van der Waals surface area contributed by atoms with Crippen molar-refractivity contribution in [2.24, 2.45) is 0 Å². The molecule has 3 aliphatic heterocycles. The Labute approximate surface area is 164 Å². The molecule has 3 atom stereocenters. The molecule has 146 valence electrons. The number of hydrogen-bond acceptors (Lipinski definition) is 5. The van der Waals surface area contributed by atoms with Crippen LogP contribution in [-0.4, -0.2) is 42.8 Å². The van der Waals surface area contributed by atoms with E-state index < -0.39 is 0 Å². The first-order valence-electron chi connectivity index (χ1n) is 9.80. The maximum absolute atomic E-state index is 12.7. The second-order valence-corrected chi connectivity index (χ2v) is 7.91. The van der Waals surface area contributed by atoms with Crippen molar-refractivity contribution in [2.45, 2.75) is 43.6 Å². The molecule has 0 aliphatic carbocycles. The minimum absolute atomic E-state index is 0.0213. The SMILES string of the molecule is COc1ccc(CN2[C@@H]3CC[C@@H]2[C@]2(C3)NC(=O)c3ccccc3N2)cc1OC. The highest BCUT2D eigenvalue weighted by Gasteiger charge is 2.58. The molecule has 28 heavy (non-hydrogen) atoms. The van der Waals surface area contributed by atoms with Crippen molar-refractivity contribution >= 4 is 11.6 Å². The van der Waals surface area contributed by atoms with Gasteiger partial charge in [0.05, 0.1) is 25.8 Å². The fourth-order valence-electron chi connectivity index (χ4n) is 5.22. The average molecular weight is 379 g/mol. The quantitative estimate of drug-likeness (QED) is 0.855. The van der Waals surface area contributed by atoms with Gasteiger partial charge in [0.2, 0.25) is 0 Å². The van der Waals surface area contributed by atoms with E-state index >= 15 is 0 Å². The number of rotatable bonds is 4. The Morgan fingerprint density at radius 1 is 1.07 bits per heavy atom. The van der Waals surface area contributed by atoms with Crippen LogP contribution in [-0.2, 0) is 6.54 Å². The van der Waals surface area contributed by atoms with E-state index in [0.717, 1.165) is 42.1 Å². The summed E-state index contributed by atoms with van der Waals surface area (Å²) in [6.07, 6.45) is 3.16. The minimum atomic E-state index is -0.384. The average Bonchev–Trinajstić information content (AvgIpc) is 3.21. The van der Waals surface area contributed by atoms with E-state index in [4.69, 9.17) is 9.47 Å².